The van der Waals surface area contributed by atoms with E-state index in [0.29, 0.717) is 0 Å². The van der Waals surface area contributed by atoms with E-state index in [4.69, 9.17) is 16.7 Å². The molecule has 0 spiro atoms. The van der Waals surface area contributed by atoms with E-state index in [0.717, 1.165) is 18.2 Å². The van der Waals surface area contributed by atoms with Crippen molar-refractivity contribution in [2.45, 2.75) is 0 Å². The van der Waals surface area contributed by atoms with Crippen molar-refractivity contribution in [3.05, 3.63) is 52.7 Å². The summed E-state index contributed by atoms with van der Waals surface area (Å²) in [5.74, 6) is -2.65. The molecule has 5 nitrogen and oxygen atoms in total. The second kappa shape index (κ2) is 4.78. The van der Waals surface area contributed by atoms with Crippen molar-refractivity contribution in [3.63, 3.8) is 0 Å². The van der Waals surface area contributed by atoms with E-state index >= 15 is 0 Å². The first-order valence-corrected chi connectivity index (χ1v) is 6.07. The van der Waals surface area contributed by atoms with Crippen molar-refractivity contribution in [3.8, 4) is 11.4 Å². The average molecular weight is 310 g/mol. The van der Waals surface area contributed by atoms with Gasteiger partial charge in [-0.3, -0.25) is 4.40 Å². The molecule has 21 heavy (non-hydrogen) atoms. The highest BCUT2D eigenvalue weighted by atomic mass is 35.5. The van der Waals surface area contributed by atoms with Crippen molar-refractivity contribution in [2.24, 2.45) is 0 Å². The molecule has 0 aliphatic carbocycles. The zero-order valence-electron chi connectivity index (χ0n) is 10.2. The molecule has 0 fully saturated rings. The Kier molecular flexibility index (Phi) is 3.06. The molecule has 0 bridgehead atoms. The lowest BCUT2D eigenvalue weighted by Crippen LogP contribution is -2.00. The highest BCUT2D eigenvalue weighted by Crippen LogP contribution is 2.25. The maximum Gasteiger partial charge on any atom is 0.337 e. The van der Waals surface area contributed by atoms with Gasteiger partial charge in [0.1, 0.15) is 11.6 Å². The summed E-state index contributed by atoms with van der Waals surface area (Å²) in [5, 5.41) is 16.7. The second-order valence-electron chi connectivity index (χ2n) is 4.26. The van der Waals surface area contributed by atoms with Crippen LogP contribution in [-0.4, -0.2) is 25.7 Å². The van der Waals surface area contributed by atoms with Gasteiger partial charge in [-0.15, -0.1) is 10.2 Å². The van der Waals surface area contributed by atoms with Crippen LogP contribution in [0.4, 0.5) is 8.78 Å². The Labute approximate surface area is 121 Å². The Morgan fingerprint density at radius 2 is 1.81 bits per heavy atom. The van der Waals surface area contributed by atoms with Crippen LogP contribution in [0.1, 0.15) is 10.4 Å². The maximum atomic E-state index is 13.3. The Morgan fingerprint density at radius 3 is 2.43 bits per heavy atom. The van der Waals surface area contributed by atoms with E-state index in [2.05, 4.69) is 10.2 Å². The van der Waals surface area contributed by atoms with Gasteiger partial charge in [0.15, 0.2) is 11.5 Å². The van der Waals surface area contributed by atoms with Gasteiger partial charge in [-0.2, -0.15) is 0 Å². The number of aromatic carboxylic acids is 1. The molecule has 0 saturated heterocycles. The van der Waals surface area contributed by atoms with Crippen LogP contribution in [0.3, 0.4) is 0 Å². The number of nitrogens with zero attached hydrogens (tertiary/aromatic N) is 3. The van der Waals surface area contributed by atoms with Crippen LogP contribution < -0.4 is 0 Å². The van der Waals surface area contributed by atoms with Crippen LogP contribution in [0, 0.1) is 11.6 Å². The second-order valence-corrected chi connectivity index (χ2v) is 4.66. The Hall–Kier alpha value is -2.54. The molecule has 0 saturated carbocycles. The van der Waals surface area contributed by atoms with Gasteiger partial charge in [-0.1, -0.05) is 11.6 Å². The molecule has 0 atom stereocenters. The van der Waals surface area contributed by atoms with Crippen molar-refractivity contribution < 1.29 is 18.7 Å². The van der Waals surface area contributed by atoms with Gasteiger partial charge in [0.25, 0.3) is 0 Å². The van der Waals surface area contributed by atoms with E-state index in [9.17, 15) is 13.6 Å². The monoisotopic (exact) mass is 309 g/mol. The number of carboxylic acids is 1. The predicted molar refractivity (Wildman–Crippen MR) is 70.3 cm³/mol. The van der Waals surface area contributed by atoms with Gasteiger partial charge in [0, 0.05) is 17.8 Å². The Bertz CT molecular complexity index is 859. The smallest absolute Gasteiger partial charge is 0.337 e. The van der Waals surface area contributed by atoms with Gasteiger partial charge in [0.2, 0.25) is 0 Å². The van der Waals surface area contributed by atoms with E-state index in [1.165, 1.54) is 16.7 Å². The molecule has 0 unspecified atom stereocenters. The molecule has 3 aromatic rings. The Balaban J connectivity index is 2.30. The summed E-state index contributed by atoms with van der Waals surface area (Å²) >= 11 is 5.93. The predicted octanol–water partition coefficient (Wildman–Crippen LogP) is 3.03. The maximum absolute atomic E-state index is 13.3. The fourth-order valence-corrected chi connectivity index (χ4v) is 2.20. The molecule has 8 heteroatoms. The van der Waals surface area contributed by atoms with Crippen LogP contribution in [0.15, 0.2) is 30.5 Å². The molecule has 1 aromatic carbocycles. The summed E-state index contributed by atoms with van der Waals surface area (Å²) < 4.78 is 27.9. The largest absolute Gasteiger partial charge is 0.478 e. The average Bonchev–Trinajstić information content (AvgIpc) is 2.81. The first-order chi connectivity index (χ1) is 9.95. The first-order valence-electron chi connectivity index (χ1n) is 5.70. The highest BCUT2D eigenvalue weighted by molar-refractivity contribution is 6.33. The zero-order chi connectivity index (χ0) is 15.1. The Morgan fingerprint density at radius 1 is 1.14 bits per heavy atom. The normalized spacial score (nSPS) is 11.0. The summed E-state index contributed by atoms with van der Waals surface area (Å²) in [7, 11) is 0. The lowest BCUT2D eigenvalue weighted by molar-refractivity contribution is 0.0696. The molecule has 1 N–H and O–H groups in total. The number of aromatic nitrogens is 3. The molecule has 3 rings (SSSR count). The number of carboxylic acid groups (broad SMARTS) is 1. The standard InChI is InChI=1S/C13H6ClF2N3O2/c14-10-3-7(13(20)21)5-19-11(17-18-12(10)19)6-1-8(15)4-9(16)2-6/h1-5H,(H,20,21). The summed E-state index contributed by atoms with van der Waals surface area (Å²) in [6.07, 6.45) is 1.24. The van der Waals surface area contributed by atoms with Crippen molar-refractivity contribution in [2.75, 3.05) is 0 Å². The molecular weight excluding hydrogens is 304 g/mol. The van der Waals surface area contributed by atoms with Gasteiger partial charge in [0.05, 0.1) is 10.6 Å². The summed E-state index contributed by atoms with van der Waals surface area (Å²) in [6.45, 7) is 0. The minimum Gasteiger partial charge on any atom is -0.478 e. The molecule has 0 aliphatic heterocycles. The third kappa shape index (κ3) is 2.31. The lowest BCUT2D eigenvalue weighted by atomic mass is 10.2. The summed E-state index contributed by atoms with van der Waals surface area (Å²) in [4.78, 5) is 11.0. The molecule has 0 aliphatic rings. The number of fused-ring (bicyclic) bond motifs is 1. The number of hydrogen-bond acceptors (Lipinski definition) is 3. The van der Waals surface area contributed by atoms with E-state index < -0.39 is 17.6 Å². The number of pyridine rings is 1. The van der Waals surface area contributed by atoms with Crippen LogP contribution in [0.25, 0.3) is 17.0 Å². The van der Waals surface area contributed by atoms with Crippen LogP contribution >= 0.6 is 11.6 Å². The van der Waals surface area contributed by atoms with Crippen molar-refractivity contribution in [1.29, 1.82) is 0 Å². The fraction of sp³-hybridized carbons (Fsp3) is 0. The van der Waals surface area contributed by atoms with Crippen LogP contribution in [0.5, 0.6) is 0 Å². The molecular formula is C13H6ClF2N3O2. The molecule has 0 radical (unpaired) electrons. The zero-order valence-corrected chi connectivity index (χ0v) is 11.0. The van der Waals surface area contributed by atoms with Crippen LogP contribution in [0.2, 0.25) is 5.02 Å². The summed E-state index contributed by atoms with van der Waals surface area (Å²) in [6, 6.07) is 4.09. The van der Waals surface area contributed by atoms with Gasteiger partial charge < -0.3 is 5.11 Å². The van der Waals surface area contributed by atoms with Crippen LogP contribution in [-0.2, 0) is 0 Å². The number of carbonyl (C=O) groups is 1. The minimum absolute atomic E-state index is 0.0746. The number of halogens is 3. The third-order valence-electron chi connectivity index (χ3n) is 2.83. The van der Waals surface area contributed by atoms with Crippen molar-refractivity contribution in [1.82, 2.24) is 14.6 Å². The molecule has 2 heterocycles. The topological polar surface area (TPSA) is 67.5 Å². The first kappa shape index (κ1) is 13.4. The lowest BCUT2D eigenvalue weighted by Gasteiger charge is -2.03. The summed E-state index contributed by atoms with van der Waals surface area (Å²) in [5.41, 5.74) is 0.227. The van der Waals surface area contributed by atoms with E-state index in [-0.39, 0.29) is 27.6 Å². The molecule has 106 valence electrons. The third-order valence-corrected chi connectivity index (χ3v) is 3.11. The fourth-order valence-electron chi connectivity index (χ4n) is 1.95. The van der Waals surface area contributed by atoms with Crippen molar-refractivity contribution >= 4 is 23.2 Å². The molecule has 0 amide bonds. The quantitative estimate of drug-likeness (QED) is 0.790. The number of benzene rings is 1. The number of rotatable bonds is 2. The number of hydrogen-bond donors (Lipinski definition) is 1. The minimum atomic E-state index is -1.19. The highest BCUT2D eigenvalue weighted by Gasteiger charge is 2.15. The van der Waals surface area contributed by atoms with E-state index in [1.54, 1.807) is 0 Å². The SMILES string of the molecule is O=C(O)c1cc(Cl)c2nnc(-c3cc(F)cc(F)c3)n2c1. The van der Waals surface area contributed by atoms with Gasteiger partial charge in [-0.05, 0) is 18.2 Å². The van der Waals surface area contributed by atoms with Gasteiger partial charge in [-0.25, -0.2) is 13.6 Å². The van der Waals surface area contributed by atoms with Gasteiger partial charge >= 0.3 is 5.97 Å². The van der Waals surface area contributed by atoms with E-state index in [1.807, 2.05) is 0 Å². The molecule has 2 aromatic heterocycles.